The van der Waals surface area contributed by atoms with Gasteiger partial charge in [-0.3, -0.25) is 0 Å². The van der Waals surface area contributed by atoms with Gasteiger partial charge in [-0.05, 0) is 24.3 Å². The van der Waals surface area contributed by atoms with Crippen LogP contribution in [0.1, 0.15) is 0 Å². The van der Waals surface area contributed by atoms with E-state index in [-0.39, 0.29) is 18.9 Å². The fraction of sp³-hybridized carbons (Fsp3) is 0.333. The standard InChI is InChI=1S/C12H16N2O3S/c1-3-8-14(2)18(15,16)10-9-17-12-6-4-11(13)5-7-12/h1,4-7H,8-10,13H2,2H3. The van der Waals surface area contributed by atoms with Gasteiger partial charge in [0.05, 0.1) is 12.3 Å². The number of sulfonamides is 1. The average Bonchev–Trinajstić information content (AvgIpc) is 2.32. The Morgan fingerprint density at radius 3 is 2.56 bits per heavy atom. The number of ether oxygens (including phenoxy) is 1. The van der Waals surface area contributed by atoms with E-state index in [2.05, 4.69) is 5.92 Å². The van der Waals surface area contributed by atoms with Crippen molar-refractivity contribution in [3.05, 3.63) is 24.3 Å². The number of nitrogens with two attached hydrogens (primary N) is 1. The van der Waals surface area contributed by atoms with Crippen molar-refractivity contribution in [2.75, 3.05) is 31.7 Å². The van der Waals surface area contributed by atoms with Gasteiger partial charge in [-0.15, -0.1) is 6.42 Å². The lowest BCUT2D eigenvalue weighted by Gasteiger charge is -2.14. The molecule has 0 unspecified atom stereocenters. The van der Waals surface area contributed by atoms with Crippen LogP contribution in [0.4, 0.5) is 5.69 Å². The van der Waals surface area contributed by atoms with Gasteiger partial charge < -0.3 is 10.5 Å². The van der Waals surface area contributed by atoms with Gasteiger partial charge in [-0.2, -0.15) is 4.31 Å². The number of hydrogen-bond donors (Lipinski definition) is 1. The van der Waals surface area contributed by atoms with Gasteiger partial charge >= 0.3 is 0 Å². The SMILES string of the molecule is C#CCN(C)S(=O)(=O)CCOc1ccc(N)cc1. The molecule has 6 heteroatoms. The molecule has 0 aliphatic heterocycles. The summed E-state index contributed by atoms with van der Waals surface area (Å²) in [5, 5.41) is 0. The molecule has 0 atom stereocenters. The third-order valence-corrected chi connectivity index (χ3v) is 4.04. The quantitative estimate of drug-likeness (QED) is 0.604. The molecule has 0 saturated carbocycles. The Hall–Kier alpha value is -1.71. The number of benzene rings is 1. The van der Waals surface area contributed by atoms with Crippen molar-refractivity contribution >= 4 is 15.7 Å². The normalized spacial score (nSPS) is 11.2. The summed E-state index contributed by atoms with van der Waals surface area (Å²) in [5.41, 5.74) is 6.15. The first-order chi connectivity index (χ1) is 8.45. The summed E-state index contributed by atoms with van der Waals surface area (Å²) in [6.45, 7) is 0.130. The first-order valence-corrected chi connectivity index (χ1v) is 6.92. The van der Waals surface area contributed by atoms with E-state index in [1.54, 1.807) is 24.3 Å². The second kappa shape index (κ2) is 6.28. The second-order valence-corrected chi connectivity index (χ2v) is 5.89. The molecule has 1 aromatic rings. The highest BCUT2D eigenvalue weighted by atomic mass is 32.2. The Labute approximate surface area is 108 Å². The van der Waals surface area contributed by atoms with E-state index in [0.717, 1.165) is 4.31 Å². The Kier molecular flexibility index (Phi) is 5.01. The van der Waals surface area contributed by atoms with Crippen molar-refractivity contribution in [2.45, 2.75) is 0 Å². The molecule has 98 valence electrons. The van der Waals surface area contributed by atoms with E-state index >= 15 is 0 Å². The van der Waals surface area contributed by atoms with Crippen LogP contribution in [0, 0.1) is 12.3 Å². The van der Waals surface area contributed by atoms with Gasteiger partial charge in [0.2, 0.25) is 10.0 Å². The highest BCUT2D eigenvalue weighted by molar-refractivity contribution is 7.89. The molecule has 0 amide bonds. The third-order valence-electron chi connectivity index (χ3n) is 2.28. The number of nitrogens with zero attached hydrogens (tertiary/aromatic N) is 1. The van der Waals surface area contributed by atoms with Crippen LogP contribution in [0.2, 0.25) is 0 Å². The molecule has 0 fully saturated rings. The Morgan fingerprint density at radius 1 is 1.39 bits per heavy atom. The lowest BCUT2D eigenvalue weighted by atomic mass is 10.3. The summed E-state index contributed by atoms with van der Waals surface area (Å²) < 4.78 is 29.8. The summed E-state index contributed by atoms with van der Waals surface area (Å²) in [4.78, 5) is 0. The van der Waals surface area contributed by atoms with Crippen LogP contribution < -0.4 is 10.5 Å². The van der Waals surface area contributed by atoms with Gasteiger partial charge in [0.15, 0.2) is 0 Å². The topological polar surface area (TPSA) is 72.6 Å². The fourth-order valence-electron chi connectivity index (χ4n) is 1.21. The van der Waals surface area contributed by atoms with Crippen molar-refractivity contribution in [3.8, 4) is 18.1 Å². The van der Waals surface area contributed by atoms with Crippen molar-refractivity contribution in [2.24, 2.45) is 0 Å². The minimum Gasteiger partial charge on any atom is -0.492 e. The Morgan fingerprint density at radius 2 is 2.00 bits per heavy atom. The third kappa shape index (κ3) is 4.28. The summed E-state index contributed by atoms with van der Waals surface area (Å²) >= 11 is 0. The van der Waals surface area contributed by atoms with Gasteiger partial charge in [-0.1, -0.05) is 5.92 Å². The molecule has 2 N–H and O–H groups in total. The first kappa shape index (κ1) is 14.4. The molecule has 0 bridgehead atoms. The first-order valence-electron chi connectivity index (χ1n) is 5.31. The molecule has 18 heavy (non-hydrogen) atoms. The zero-order valence-corrected chi connectivity index (χ0v) is 11.0. The number of rotatable bonds is 6. The minimum atomic E-state index is -3.36. The number of nitrogen functional groups attached to an aromatic ring is 1. The van der Waals surface area contributed by atoms with Crippen molar-refractivity contribution < 1.29 is 13.2 Å². The Balaban J connectivity index is 2.47. The van der Waals surface area contributed by atoms with Crippen LogP contribution >= 0.6 is 0 Å². The molecule has 1 rings (SSSR count). The zero-order chi connectivity index (χ0) is 13.6. The molecular weight excluding hydrogens is 252 g/mol. The smallest absolute Gasteiger partial charge is 0.218 e. The molecule has 0 radical (unpaired) electrons. The molecule has 1 aromatic carbocycles. The average molecular weight is 268 g/mol. The lowest BCUT2D eigenvalue weighted by molar-refractivity contribution is 0.338. The summed E-state index contributed by atoms with van der Waals surface area (Å²) in [7, 11) is -1.92. The van der Waals surface area contributed by atoms with E-state index in [1.165, 1.54) is 7.05 Å². The maximum Gasteiger partial charge on any atom is 0.218 e. The predicted octanol–water partition coefficient (Wildman–Crippen LogP) is 0.542. The maximum atomic E-state index is 11.7. The number of terminal acetylenes is 1. The highest BCUT2D eigenvalue weighted by Crippen LogP contribution is 2.13. The van der Waals surface area contributed by atoms with Gasteiger partial charge in [-0.25, -0.2) is 8.42 Å². The van der Waals surface area contributed by atoms with E-state index in [9.17, 15) is 8.42 Å². The summed E-state index contributed by atoms with van der Waals surface area (Å²) in [5.74, 6) is 2.75. The molecule has 0 heterocycles. The summed E-state index contributed by atoms with van der Waals surface area (Å²) in [6, 6.07) is 6.75. The lowest BCUT2D eigenvalue weighted by Crippen LogP contribution is -2.31. The van der Waals surface area contributed by atoms with E-state index < -0.39 is 10.0 Å². The van der Waals surface area contributed by atoms with E-state index in [1.807, 2.05) is 0 Å². The van der Waals surface area contributed by atoms with Crippen LogP contribution in [0.25, 0.3) is 0 Å². The van der Waals surface area contributed by atoms with Gasteiger partial charge in [0.1, 0.15) is 12.4 Å². The number of hydrogen-bond acceptors (Lipinski definition) is 4. The van der Waals surface area contributed by atoms with Gasteiger partial charge in [0, 0.05) is 12.7 Å². The molecule has 5 nitrogen and oxygen atoms in total. The predicted molar refractivity (Wildman–Crippen MR) is 71.6 cm³/mol. The van der Waals surface area contributed by atoms with Crippen LogP contribution in [0.3, 0.4) is 0 Å². The fourth-order valence-corrected chi connectivity index (χ4v) is 2.09. The van der Waals surface area contributed by atoms with Crippen molar-refractivity contribution in [3.63, 3.8) is 0 Å². The van der Waals surface area contributed by atoms with Crippen molar-refractivity contribution in [1.82, 2.24) is 4.31 Å². The molecule has 0 aliphatic rings. The van der Waals surface area contributed by atoms with E-state index in [0.29, 0.717) is 11.4 Å². The highest BCUT2D eigenvalue weighted by Gasteiger charge is 2.16. The largest absolute Gasteiger partial charge is 0.492 e. The van der Waals surface area contributed by atoms with Crippen LogP contribution in [0.15, 0.2) is 24.3 Å². The van der Waals surface area contributed by atoms with Crippen molar-refractivity contribution in [1.29, 1.82) is 0 Å². The zero-order valence-electron chi connectivity index (χ0n) is 10.2. The van der Waals surface area contributed by atoms with Crippen LogP contribution in [-0.4, -0.2) is 38.7 Å². The minimum absolute atomic E-state index is 0.0597. The monoisotopic (exact) mass is 268 g/mol. The molecule has 0 saturated heterocycles. The number of anilines is 1. The molecule has 0 aromatic heterocycles. The van der Waals surface area contributed by atoms with Gasteiger partial charge in [0.25, 0.3) is 0 Å². The van der Waals surface area contributed by atoms with Crippen LogP contribution in [-0.2, 0) is 10.0 Å². The van der Waals surface area contributed by atoms with Crippen LogP contribution in [0.5, 0.6) is 5.75 Å². The molecule has 0 aliphatic carbocycles. The van der Waals surface area contributed by atoms with E-state index in [4.69, 9.17) is 16.9 Å². The molecule has 0 spiro atoms. The summed E-state index contributed by atoms with van der Waals surface area (Å²) in [6.07, 6.45) is 5.06. The molecular formula is C12H16N2O3S. The Bertz CT molecular complexity index is 517. The second-order valence-electron chi connectivity index (χ2n) is 3.69. The maximum absolute atomic E-state index is 11.7.